The quantitative estimate of drug-likeness (QED) is 0.860. The molecule has 0 unspecified atom stereocenters. The molecule has 0 aliphatic heterocycles. The summed E-state index contributed by atoms with van der Waals surface area (Å²) >= 11 is 0. The molecular weight excluding hydrogens is 314 g/mol. The van der Waals surface area contributed by atoms with Gasteiger partial charge in [0, 0.05) is 19.2 Å². The smallest absolute Gasteiger partial charge is 0.274 e. The van der Waals surface area contributed by atoms with Crippen LogP contribution < -0.4 is 5.56 Å². The van der Waals surface area contributed by atoms with E-state index in [0.29, 0.717) is 12.2 Å². The SMILES string of the molecule is Cc1ccc(Cn2nc(C(=O)N(C)C3CCCCC3)ccc2=O)cc1. The Morgan fingerprint density at radius 2 is 1.80 bits per heavy atom. The van der Waals surface area contributed by atoms with Crippen molar-refractivity contribution < 1.29 is 4.79 Å². The number of benzene rings is 1. The van der Waals surface area contributed by atoms with Gasteiger partial charge in [-0.3, -0.25) is 9.59 Å². The summed E-state index contributed by atoms with van der Waals surface area (Å²) in [5, 5.41) is 4.32. The molecule has 1 saturated carbocycles. The fourth-order valence-corrected chi connectivity index (χ4v) is 3.36. The van der Waals surface area contributed by atoms with Gasteiger partial charge in [-0.1, -0.05) is 49.1 Å². The first-order valence-corrected chi connectivity index (χ1v) is 8.95. The Balaban J connectivity index is 1.79. The van der Waals surface area contributed by atoms with Gasteiger partial charge in [-0.2, -0.15) is 5.10 Å². The van der Waals surface area contributed by atoms with E-state index in [9.17, 15) is 9.59 Å². The van der Waals surface area contributed by atoms with Gasteiger partial charge in [-0.25, -0.2) is 4.68 Å². The number of amides is 1. The molecule has 0 N–H and O–H groups in total. The average molecular weight is 339 g/mol. The summed E-state index contributed by atoms with van der Waals surface area (Å²) in [5.41, 5.74) is 2.30. The molecule has 5 nitrogen and oxygen atoms in total. The molecule has 1 heterocycles. The lowest BCUT2D eigenvalue weighted by atomic mass is 9.94. The molecule has 1 aliphatic carbocycles. The van der Waals surface area contributed by atoms with E-state index in [4.69, 9.17) is 0 Å². The van der Waals surface area contributed by atoms with Gasteiger partial charge in [0.25, 0.3) is 11.5 Å². The van der Waals surface area contributed by atoms with E-state index in [1.165, 1.54) is 41.6 Å². The Morgan fingerprint density at radius 1 is 1.12 bits per heavy atom. The van der Waals surface area contributed by atoms with Gasteiger partial charge in [0.15, 0.2) is 0 Å². The topological polar surface area (TPSA) is 55.2 Å². The number of nitrogens with zero attached hydrogens (tertiary/aromatic N) is 3. The first-order chi connectivity index (χ1) is 12.0. The second kappa shape index (κ2) is 7.64. The molecule has 1 fully saturated rings. The highest BCUT2D eigenvalue weighted by molar-refractivity contribution is 5.92. The summed E-state index contributed by atoms with van der Waals surface area (Å²) in [4.78, 5) is 26.7. The maximum Gasteiger partial charge on any atom is 0.274 e. The third kappa shape index (κ3) is 4.16. The number of carbonyl (C=O) groups excluding carboxylic acids is 1. The Hall–Kier alpha value is -2.43. The fourth-order valence-electron chi connectivity index (χ4n) is 3.36. The van der Waals surface area contributed by atoms with Gasteiger partial charge in [-0.15, -0.1) is 0 Å². The highest BCUT2D eigenvalue weighted by Gasteiger charge is 2.24. The van der Waals surface area contributed by atoms with Gasteiger partial charge in [0.05, 0.1) is 6.54 Å². The highest BCUT2D eigenvalue weighted by Crippen LogP contribution is 2.22. The molecule has 0 bridgehead atoms. The van der Waals surface area contributed by atoms with E-state index in [1.807, 2.05) is 38.2 Å². The number of aromatic nitrogens is 2. The Kier molecular flexibility index (Phi) is 5.31. The molecule has 1 aliphatic rings. The van der Waals surface area contributed by atoms with Crippen molar-refractivity contribution >= 4 is 5.91 Å². The second-order valence-corrected chi connectivity index (χ2v) is 6.91. The van der Waals surface area contributed by atoms with Gasteiger partial charge in [-0.05, 0) is 31.4 Å². The van der Waals surface area contributed by atoms with Crippen molar-refractivity contribution in [2.45, 2.75) is 51.6 Å². The summed E-state index contributed by atoms with van der Waals surface area (Å²) in [6, 6.07) is 11.2. The fraction of sp³-hybridized carbons (Fsp3) is 0.450. The normalized spacial score (nSPS) is 15.1. The van der Waals surface area contributed by atoms with E-state index >= 15 is 0 Å². The largest absolute Gasteiger partial charge is 0.337 e. The Morgan fingerprint density at radius 3 is 2.48 bits per heavy atom. The van der Waals surface area contributed by atoms with Gasteiger partial charge in [0.1, 0.15) is 5.69 Å². The van der Waals surface area contributed by atoms with Crippen LogP contribution in [0.4, 0.5) is 0 Å². The minimum Gasteiger partial charge on any atom is -0.337 e. The number of rotatable bonds is 4. The van der Waals surface area contributed by atoms with Crippen LogP contribution in [0.25, 0.3) is 0 Å². The van der Waals surface area contributed by atoms with Gasteiger partial charge in [0.2, 0.25) is 0 Å². The first-order valence-electron chi connectivity index (χ1n) is 8.95. The molecule has 1 aromatic carbocycles. The van der Waals surface area contributed by atoms with Crippen LogP contribution in [-0.4, -0.2) is 33.7 Å². The van der Waals surface area contributed by atoms with Crippen molar-refractivity contribution in [2.75, 3.05) is 7.05 Å². The van der Waals surface area contributed by atoms with Crippen molar-refractivity contribution in [1.82, 2.24) is 14.7 Å². The molecule has 0 saturated heterocycles. The Labute approximate surface area is 148 Å². The van der Waals surface area contributed by atoms with Crippen LogP contribution in [0.2, 0.25) is 0 Å². The number of carbonyl (C=O) groups is 1. The van der Waals surface area contributed by atoms with Crippen LogP contribution >= 0.6 is 0 Å². The van der Waals surface area contributed by atoms with E-state index in [0.717, 1.165) is 18.4 Å². The molecular formula is C20H25N3O2. The molecule has 1 amide bonds. The van der Waals surface area contributed by atoms with Crippen LogP contribution in [0, 0.1) is 6.92 Å². The number of hydrogen-bond acceptors (Lipinski definition) is 3. The lowest BCUT2D eigenvalue weighted by Gasteiger charge is -2.31. The second-order valence-electron chi connectivity index (χ2n) is 6.91. The Bertz CT molecular complexity index is 789. The van der Waals surface area contributed by atoms with E-state index < -0.39 is 0 Å². The average Bonchev–Trinajstić information content (AvgIpc) is 2.65. The highest BCUT2D eigenvalue weighted by atomic mass is 16.2. The predicted molar refractivity (Wildman–Crippen MR) is 97.7 cm³/mol. The number of hydrogen-bond donors (Lipinski definition) is 0. The molecule has 3 rings (SSSR count). The molecule has 1 aromatic heterocycles. The molecule has 0 atom stereocenters. The minimum absolute atomic E-state index is 0.107. The summed E-state index contributed by atoms with van der Waals surface area (Å²) in [6.45, 7) is 2.39. The third-order valence-corrected chi connectivity index (χ3v) is 4.98. The van der Waals surface area contributed by atoms with Crippen LogP contribution in [-0.2, 0) is 6.54 Å². The van der Waals surface area contributed by atoms with Crippen LogP contribution in [0.3, 0.4) is 0 Å². The first kappa shape index (κ1) is 17.4. The van der Waals surface area contributed by atoms with Gasteiger partial charge < -0.3 is 4.90 Å². The zero-order chi connectivity index (χ0) is 17.8. The molecule has 0 spiro atoms. The van der Waals surface area contributed by atoms with Crippen molar-refractivity contribution in [3.8, 4) is 0 Å². The maximum absolute atomic E-state index is 12.8. The summed E-state index contributed by atoms with van der Waals surface area (Å²) in [7, 11) is 1.84. The minimum atomic E-state index is -0.197. The van der Waals surface area contributed by atoms with Crippen LogP contribution in [0.5, 0.6) is 0 Å². The monoisotopic (exact) mass is 339 g/mol. The standard InChI is InChI=1S/C20H25N3O2/c1-15-8-10-16(11-9-15)14-23-19(24)13-12-18(21-23)20(25)22(2)17-6-4-3-5-7-17/h8-13,17H,3-7,14H2,1-2H3. The summed E-state index contributed by atoms with van der Waals surface area (Å²) < 4.78 is 1.37. The zero-order valence-electron chi connectivity index (χ0n) is 14.9. The molecule has 0 radical (unpaired) electrons. The lowest BCUT2D eigenvalue weighted by molar-refractivity contribution is 0.0687. The predicted octanol–water partition coefficient (Wildman–Crippen LogP) is 3.00. The molecule has 2 aromatic rings. The molecule has 5 heteroatoms. The summed E-state index contributed by atoms with van der Waals surface area (Å²) in [6.07, 6.45) is 5.68. The van der Waals surface area contributed by atoms with Crippen molar-refractivity contribution in [2.24, 2.45) is 0 Å². The number of aryl methyl sites for hydroxylation is 1. The van der Waals surface area contributed by atoms with Crippen LogP contribution in [0.15, 0.2) is 41.2 Å². The maximum atomic E-state index is 12.8. The molecule has 25 heavy (non-hydrogen) atoms. The van der Waals surface area contributed by atoms with E-state index in [-0.39, 0.29) is 17.5 Å². The zero-order valence-corrected chi connectivity index (χ0v) is 14.9. The van der Waals surface area contributed by atoms with Crippen molar-refractivity contribution in [3.63, 3.8) is 0 Å². The van der Waals surface area contributed by atoms with E-state index in [1.54, 1.807) is 4.90 Å². The van der Waals surface area contributed by atoms with E-state index in [2.05, 4.69) is 5.10 Å². The lowest BCUT2D eigenvalue weighted by Crippen LogP contribution is -2.39. The molecule has 132 valence electrons. The van der Waals surface area contributed by atoms with Crippen molar-refractivity contribution in [3.05, 3.63) is 63.6 Å². The third-order valence-electron chi connectivity index (χ3n) is 4.98. The van der Waals surface area contributed by atoms with Crippen molar-refractivity contribution in [1.29, 1.82) is 0 Å². The summed E-state index contributed by atoms with van der Waals surface area (Å²) in [5.74, 6) is -0.107. The van der Waals surface area contributed by atoms with Gasteiger partial charge >= 0.3 is 0 Å². The van der Waals surface area contributed by atoms with Crippen LogP contribution in [0.1, 0.15) is 53.7 Å².